The molecule has 0 aromatic carbocycles. The fourth-order valence-electron chi connectivity index (χ4n) is 2.60. The van der Waals surface area contributed by atoms with Crippen molar-refractivity contribution in [2.24, 2.45) is 0 Å². The molecule has 0 aromatic heterocycles. The third-order valence-electron chi connectivity index (χ3n) is 4.08. The molecule has 0 spiro atoms. The van der Waals surface area contributed by atoms with Crippen LogP contribution in [-0.4, -0.2) is 29.6 Å². The molecule has 5 heteroatoms. The zero-order chi connectivity index (χ0) is 17.9. The molecular weight excluding hydrogens is 316 g/mol. The Balaban J connectivity index is 3.58. The monoisotopic (exact) mass is 350 g/mol. The summed E-state index contributed by atoms with van der Waals surface area (Å²) in [6.07, 6.45) is 14.1. The molecule has 0 aromatic rings. The van der Waals surface area contributed by atoms with Crippen LogP contribution in [0.15, 0.2) is 0 Å². The Kier molecular flexibility index (Phi) is 17.0. The van der Waals surface area contributed by atoms with Gasteiger partial charge >= 0.3 is 0 Å². The number of unbranched alkanes of at least 4 members (excludes halogenated alkanes) is 9. The van der Waals surface area contributed by atoms with Crippen molar-refractivity contribution in [1.82, 2.24) is 10.2 Å². The average Bonchev–Trinajstić information content (AvgIpc) is 2.59. The van der Waals surface area contributed by atoms with Crippen molar-refractivity contribution in [3.8, 4) is 12.1 Å². The van der Waals surface area contributed by atoms with E-state index in [1.807, 2.05) is 4.90 Å². The summed E-state index contributed by atoms with van der Waals surface area (Å²) in [5.74, 6) is 0. The van der Waals surface area contributed by atoms with E-state index in [-0.39, 0.29) is 0 Å². The lowest BCUT2D eigenvalue weighted by Gasteiger charge is -2.23. The van der Waals surface area contributed by atoms with Gasteiger partial charge in [-0.25, -0.2) is 0 Å². The molecule has 0 saturated carbocycles. The van der Waals surface area contributed by atoms with Gasteiger partial charge in [0, 0.05) is 19.6 Å². The molecule has 4 nitrogen and oxygen atoms in total. The smallest absolute Gasteiger partial charge is 0.168 e. The highest BCUT2D eigenvalue weighted by atomic mass is 32.1. The quantitative estimate of drug-likeness (QED) is 0.336. The summed E-state index contributed by atoms with van der Waals surface area (Å²) < 4.78 is 0. The van der Waals surface area contributed by atoms with E-state index in [1.165, 1.54) is 57.8 Å². The zero-order valence-electron chi connectivity index (χ0n) is 15.4. The highest BCUT2D eigenvalue weighted by Gasteiger charge is 2.08. The molecule has 0 unspecified atom stereocenters. The second-order valence-corrected chi connectivity index (χ2v) is 6.60. The third kappa shape index (κ3) is 14.3. The van der Waals surface area contributed by atoms with Gasteiger partial charge in [0.2, 0.25) is 0 Å². The number of hydrogen-bond donors (Lipinski definition) is 1. The maximum Gasteiger partial charge on any atom is 0.168 e. The minimum Gasteiger partial charge on any atom is -0.363 e. The number of nitrogens with one attached hydrogen (secondary N) is 1. The third-order valence-corrected chi connectivity index (χ3v) is 4.48. The van der Waals surface area contributed by atoms with Crippen LogP contribution in [0.25, 0.3) is 0 Å². The van der Waals surface area contributed by atoms with Gasteiger partial charge in [0.05, 0.1) is 25.0 Å². The van der Waals surface area contributed by atoms with Crippen molar-refractivity contribution in [1.29, 1.82) is 10.5 Å². The maximum atomic E-state index is 8.69. The van der Waals surface area contributed by atoms with Gasteiger partial charge in [-0.1, -0.05) is 64.7 Å². The van der Waals surface area contributed by atoms with Crippen LogP contribution in [0.2, 0.25) is 0 Å². The first-order valence-electron chi connectivity index (χ1n) is 9.53. The van der Waals surface area contributed by atoms with E-state index in [0.717, 1.165) is 13.0 Å². The fraction of sp³-hybridized carbons (Fsp3) is 0.842. The van der Waals surface area contributed by atoms with E-state index in [2.05, 4.69) is 24.4 Å². The molecular formula is C19H34N4S. The molecule has 0 atom stereocenters. The topological polar surface area (TPSA) is 62.9 Å². The number of thiocarbonyl (C=S) groups is 1. The second-order valence-electron chi connectivity index (χ2n) is 6.22. The molecule has 0 bridgehead atoms. The molecule has 136 valence electrons. The van der Waals surface area contributed by atoms with Crippen molar-refractivity contribution in [3.05, 3.63) is 0 Å². The molecule has 0 rings (SSSR count). The molecule has 0 aliphatic heterocycles. The van der Waals surface area contributed by atoms with Crippen LogP contribution in [0.5, 0.6) is 0 Å². The number of hydrogen-bond acceptors (Lipinski definition) is 3. The van der Waals surface area contributed by atoms with Crippen molar-refractivity contribution >= 4 is 17.3 Å². The van der Waals surface area contributed by atoms with E-state index < -0.39 is 0 Å². The maximum absolute atomic E-state index is 8.69. The minimum atomic E-state index is 0.436. The van der Waals surface area contributed by atoms with Crippen LogP contribution in [0, 0.1) is 22.7 Å². The molecule has 0 radical (unpaired) electrons. The van der Waals surface area contributed by atoms with Gasteiger partial charge in [-0.3, -0.25) is 0 Å². The zero-order valence-corrected chi connectivity index (χ0v) is 16.2. The van der Waals surface area contributed by atoms with Crippen LogP contribution in [0.1, 0.15) is 84.0 Å². The molecule has 0 amide bonds. The summed E-state index contributed by atoms with van der Waals surface area (Å²) in [5.41, 5.74) is 0. The predicted molar refractivity (Wildman–Crippen MR) is 104 cm³/mol. The van der Waals surface area contributed by atoms with Gasteiger partial charge in [-0.2, -0.15) is 10.5 Å². The summed E-state index contributed by atoms with van der Waals surface area (Å²) in [6.45, 7) is 4.33. The second kappa shape index (κ2) is 18.0. The highest BCUT2D eigenvalue weighted by molar-refractivity contribution is 7.80. The summed E-state index contributed by atoms with van der Waals surface area (Å²) in [7, 11) is 0. The van der Waals surface area contributed by atoms with E-state index in [4.69, 9.17) is 22.7 Å². The molecule has 0 heterocycles. The molecule has 0 aliphatic rings. The lowest BCUT2D eigenvalue weighted by molar-refractivity contribution is 0.427. The SMILES string of the molecule is CCCCCCCCCCCCNC(=S)N(CCC#N)CCC#N. The van der Waals surface area contributed by atoms with Crippen molar-refractivity contribution in [3.63, 3.8) is 0 Å². The van der Waals surface area contributed by atoms with E-state index >= 15 is 0 Å². The Morgan fingerprint density at radius 3 is 1.75 bits per heavy atom. The highest BCUT2D eigenvalue weighted by Crippen LogP contribution is 2.10. The first-order valence-corrected chi connectivity index (χ1v) is 9.93. The number of nitrogens with zero attached hydrogens (tertiary/aromatic N) is 3. The van der Waals surface area contributed by atoms with Gasteiger partial charge in [0.15, 0.2) is 5.11 Å². The van der Waals surface area contributed by atoms with Gasteiger partial charge < -0.3 is 10.2 Å². The van der Waals surface area contributed by atoms with Crippen molar-refractivity contribution < 1.29 is 0 Å². The van der Waals surface area contributed by atoms with Gasteiger partial charge in [0.1, 0.15) is 0 Å². The van der Waals surface area contributed by atoms with Gasteiger partial charge in [-0.05, 0) is 18.6 Å². The Labute approximate surface area is 154 Å². The van der Waals surface area contributed by atoms with E-state index in [0.29, 0.717) is 31.0 Å². The summed E-state index contributed by atoms with van der Waals surface area (Å²) >= 11 is 5.37. The Bertz CT molecular complexity index is 366. The molecule has 0 fully saturated rings. The standard InChI is InChI=1S/C19H34N4S/c1-2-3-4-5-6-7-8-9-10-11-16-22-19(24)23(17-12-14-20)18-13-15-21/h2-13,16-18H2,1H3,(H,22,24). The summed E-state index contributed by atoms with van der Waals surface area (Å²) in [5, 5.41) is 21.3. The van der Waals surface area contributed by atoms with Gasteiger partial charge in [0.25, 0.3) is 0 Å². The summed E-state index contributed by atoms with van der Waals surface area (Å²) in [4.78, 5) is 1.93. The normalized spacial score (nSPS) is 9.96. The van der Waals surface area contributed by atoms with Crippen molar-refractivity contribution in [2.45, 2.75) is 84.0 Å². The molecule has 0 saturated heterocycles. The van der Waals surface area contributed by atoms with Crippen molar-refractivity contribution in [2.75, 3.05) is 19.6 Å². The van der Waals surface area contributed by atoms with Crippen LogP contribution in [0.4, 0.5) is 0 Å². The van der Waals surface area contributed by atoms with Crippen LogP contribution in [0.3, 0.4) is 0 Å². The predicted octanol–water partition coefficient (Wildman–Crippen LogP) is 4.91. The number of nitriles is 2. The Hall–Kier alpha value is -1.33. The van der Waals surface area contributed by atoms with Crippen LogP contribution < -0.4 is 5.32 Å². The lowest BCUT2D eigenvalue weighted by Crippen LogP contribution is -2.41. The first-order chi connectivity index (χ1) is 11.8. The van der Waals surface area contributed by atoms with E-state index in [9.17, 15) is 0 Å². The summed E-state index contributed by atoms with van der Waals surface area (Å²) in [6, 6.07) is 4.26. The molecule has 1 N–H and O–H groups in total. The lowest BCUT2D eigenvalue weighted by atomic mass is 10.1. The van der Waals surface area contributed by atoms with E-state index in [1.54, 1.807) is 0 Å². The largest absolute Gasteiger partial charge is 0.363 e. The molecule has 0 aliphatic carbocycles. The van der Waals surface area contributed by atoms with Gasteiger partial charge in [-0.15, -0.1) is 0 Å². The average molecular weight is 351 g/mol. The Morgan fingerprint density at radius 2 is 1.29 bits per heavy atom. The van der Waals surface area contributed by atoms with Crippen LogP contribution >= 0.6 is 12.2 Å². The minimum absolute atomic E-state index is 0.436. The van der Waals surface area contributed by atoms with Crippen LogP contribution in [-0.2, 0) is 0 Å². The fourth-order valence-corrected chi connectivity index (χ4v) is 2.89. The number of rotatable bonds is 15. The molecule has 24 heavy (non-hydrogen) atoms. The first kappa shape index (κ1) is 22.7. The Morgan fingerprint density at radius 1 is 0.833 bits per heavy atom.